The zero-order chi connectivity index (χ0) is 17.1. The SMILES string of the molecule is O=c1ccc(-c2ccncc2)nn1C1CCC(Nc2nncs2)CC1. The predicted molar refractivity (Wildman–Crippen MR) is 96.6 cm³/mol. The second-order valence-corrected chi connectivity index (χ2v) is 6.96. The molecule has 0 radical (unpaired) electrons. The molecule has 128 valence electrons. The van der Waals surface area contributed by atoms with Crippen LogP contribution in [-0.4, -0.2) is 31.0 Å². The van der Waals surface area contributed by atoms with Gasteiger partial charge in [0.15, 0.2) is 0 Å². The van der Waals surface area contributed by atoms with Gasteiger partial charge in [-0.05, 0) is 43.9 Å². The molecule has 1 saturated carbocycles. The Bertz CT molecular complexity index is 872. The molecule has 0 saturated heterocycles. The van der Waals surface area contributed by atoms with E-state index in [2.05, 4.69) is 25.6 Å². The van der Waals surface area contributed by atoms with E-state index in [9.17, 15) is 4.79 Å². The molecule has 0 aromatic carbocycles. The fourth-order valence-corrected chi connectivity index (χ4v) is 3.76. The molecule has 1 N–H and O–H groups in total. The van der Waals surface area contributed by atoms with Gasteiger partial charge in [-0.3, -0.25) is 9.78 Å². The van der Waals surface area contributed by atoms with Gasteiger partial charge in [-0.15, -0.1) is 10.2 Å². The summed E-state index contributed by atoms with van der Waals surface area (Å²) in [5, 5.41) is 16.8. The number of aromatic nitrogens is 5. The van der Waals surface area contributed by atoms with Gasteiger partial charge in [-0.1, -0.05) is 11.3 Å². The predicted octanol–water partition coefficient (Wildman–Crippen LogP) is 2.75. The standard InChI is InChI=1S/C17H18N6OS/c24-16-6-5-15(12-7-9-18-10-8-12)22-23(16)14-3-1-13(2-4-14)20-17-21-19-11-25-17/h5-11,13-14H,1-4H2,(H,20,21). The zero-order valence-electron chi connectivity index (χ0n) is 13.6. The smallest absolute Gasteiger partial charge is 0.267 e. The molecule has 8 heteroatoms. The van der Waals surface area contributed by atoms with Gasteiger partial charge in [0, 0.05) is 30.1 Å². The van der Waals surface area contributed by atoms with Crippen LogP contribution in [0.15, 0.2) is 47.0 Å². The van der Waals surface area contributed by atoms with Gasteiger partial charge in [0.2, 0.25) is 5.13 Å². The quantitative estimate of drug-likeness (QED) is 0.775. The van der Waals surface area contributed by atoms with E-state index >= 15 is 0 Å². The van der Waals surface area contributed by atoms with Crippen molar-refractivity contribution in [3.8, 4) is 11.3 Å². The minimum Gasteiger partial charge on any atom is -0.357 e. The molecule has 3 aromatic rings. The highest BCUT2D eigenvalue weighted by Crippen LogP contribution is 2.29. The molecule has 3 aromatic heterocycles. The van der Waals surface area contributed by atoms with Crippen molar-refractivity contribution in [3.63, 3.8) is 0 Å². The fourth-order valence-electron chi connectivity index (χ4n) is 3.24. The average Bonchev–Trinajstić information content (AvgIpc) is 3.17. The first-order chi connectivity index (χ1) is 12.3. The third kappa shape index (κ3) is 3.58. The number of hydrogen-bond donors (Lipinski definition) is 1. The Hall–Kier alpha value is -2.61. The van der Waals surface area contributed by atoms with Crippen LogP contribution >= 0.6 is 11.3 Å². The normalized spacial score (nSPS) is 20.3. The van der Waals surface area contributed by atoms with E-state index in [4.69, 9.17) is 0 Å². The van der Waals surface area contributed by atoms with Crippen LogP contribution in [0.25, 0.3) is 11.3 Å². The third-order valence-electron chi connectivity index (χ3n) is 4.53. The second kappa shape index (κ2) is 7.10. The van der Waals surface area contributed by atoms with Crippen molar-refractivity contribution >= 4 is 16.5 Å². The highest BCUT2D eigenvalue weighted by atomic mass is 32.1. The van der Waals surface area contributed by atoms with Crippen molar-refractivity contribution in [1.29, 1.82) is 0 Å². The number of rotatable bonds is 4. The van der Waals surface area contributed by atoms with E-state index in [-0.39, 0.29) is 11.6 Å². The Balaban J connectivity index is 1.48. The van der Waals surface area contributed by atoms with Crippen LogP contribution in [-0.2, 0) is 0 Å². The summed E-state index contributed by atoms with van der Waals surface area (Å²) < 4.78 is 1.65. The topological polar surface area (TPSA) is 85.6 Å². The number of nitrogens with one attached hydrogen (secondary N) is 1. The lowest BCUT2D eigenvalue weighted by molar-refractivity contribution is 0.304. The molecule has 0 bridgehead atoms. The molecule has 0 spiro atoms. The van der Waals surface area contributed by atoms with Crippen molar-refractivity contribution in [2.75, 3.05) is 5.32 Å². The highest BCUT2D eigenvalue weighted by molar-refractivity contribution is 7.13. The maximum absolute atomic E-state index is 12.3. The van der Waals surface area contributed by atoms with Gasteiger partial charge in [0.25, 0.3) is 5.56 Å². The van der Waals surface area contributed by atoms with E-state index < -0.39 is 0 Å². The molecule has 0 aliphatic heterocycles. The van der Waals surface area contributed by atoms with Crippen molar-refractivity contribution in [2.24, 2.45) is 0 Å². The van der Waals surface area contributed by atoms with Crippen LogP contribution in [0, 0.1) is 0 Å². The molecule has 1 fully saturated rings. The van der Waals surface area contributed by atoms with Crippen LogP contribution in [0.2, 0.25) is 0 Å². The maximum atomic E-state index is 12.3. The zero-order valence-corrected chi connectivity index (χ0v) is 14.4. The summed E-state index contributed by atoms with van der Waals surface area (Å²) >= 11 is 1.51. The molecule has 4 rings (SSSR count). The van der Waals surface area contributed by atoms with Crippen molar-refractivity contribution in [2.45, 2.75) is 37.8 Å². The summed E-state index contributed by atoms with van der Waals surface area (Å²) in [6.45, 7) is 0. The molecule has 1 aliphatic rings. The molecule has 3 heterocycles. The lowest BCUT2D eigenvalue weighted by Gasteiger charge is -2.29. The monoisotopic (exact) mass is 354 g/mol. The first kappa shape index (κ1) is 15.9. The van der Waals surface area contributed by atoms with E-state index in [1.807, 2.05) is 12.1 Å². The van der Waals surface area contributed by atoms with Crippen molar-refractivity contribution < 1.29 is 0 Å². The molecule has 1 aliphatic carbocycles. The molecule has 0 amide bonds. The van der Waals surface area contributed by atoms with E-state index in [0.29, 0.717) is 6.04 Å². The number of pyridine rings is 1. The van der Waals surface area contributed by atoms with Gasteiger partial charge in [-0.2, -0.15) is 5.10 Å². The van der Waals surface area contributed by atoms with Gasteiger partial charge >= 0.3 is 0 Å². The minimum absolute atomic E-state index is 0.0432. The molecule has 25 heavy (non-hydrogen) atoms. The first-order valence-corrected chi connectivity index (χ1v) is 9.20. The molecular formula is C17H18N6OS. The summed E-state index contributed by atoms with van der Waals surface area (Å²) in [5.74, 6) is 0. The lowest BCUT2D eigenvalue weighted by atomic mass is 9.91. The molecule has 7 nitrogen and oxygen atoms in total. The molecular weight excluding hydrogens is 336 g/mol. The highest BCUT2D eigenvalue weighted by Gasteiger charge is 2.24. The molecule has 0 atom stereocenters. The second-order valence-electron chi connectivity index (χ2n) is 6.13. The van der Waals surface area contributed by atoms with E-state index in [1.54, 1.807) is 34.7 Å². The maximum Gasteiger partial charge on any atom is 0.267 e. The molecule has 0 unspecified atom stereocenters. The largest absolute Gasteiger partial charge is 0.357 e. The summed E-state index contributed by atoms with van der Waals surface area (Å²) in [6, 6.07) is 7.70. The van der Waals surface area contributed by atoms with Crippen LogP contribution in [0.5, 0.6) is 0 Å². The Labute approximate surface area is 148 Å². The summed E-state index contributed by atoms with van der Waals surface area (Å²) in [5.41, 5.74) is 3.45. The van der Waals surface area contributed by atoms with Gasteiger partial charge in [-0.25, -0.2) is 4.68 Å². The van der Waals surface area contributed by atoms with Crippen LogP contribution < -0.4 is 10.9 Å². The number of anilines is 1. The van der Waals surface area contributed by atoms with Crippen LogP contribution in [0.1, 0.15) is 31.7 Å². The van der Waals surface area contributed by atoms with Gasteiger partial charge < -0.3 is 5.32 Å². The lowest BCUT2D eigenvalue weighted by Crippen LogP contribution is -2.33. The van der Waals surface area contributed by atoms with Gasteiger partial charge in [0.1, 0.15) is 5.51 Å². The number of hydrogen-bond acceptors (Lipinski definition) is 7. The fraction of sp³-hybridized carbons (Fsp3) is 0.353. The third-order valence-corrected chi connectivity index (χ3v) is 5.15. The summed E-state index contributed by atoms with van der Waals surface area (Å²) in [6.07, 6.45) is 7.27. The Kier molecular flexibility index (Phi) is 4.51. The van der Waals surface area contributed by atoms with E-state index in [1.165, 1.54) is 11.3 Å². The average molecular weight is 354 g/mol. The van der Waals surface area contributed by atoms with Crippen molar-refractivity contribution in [1.82, 2.24) is 25.0 Å². The van der Waals surface area contributed by atoms with Gasteiger partial charge in [0.05, 0.1) is 11.7 Å². The Morgan fingerprint density at radius 1 is 1.08 bits per heavy atom. The van der Waals surface area contributed by atoms with Crippen LogP contribution in [0.3, 0.4) is 0 Å². The minimum atomic E-state index is -0.0432. The van der Waals surface area contributed by atoms with Crippen molar-refractivity contribution in [3.05, 3.63) is 52.5 Å². The van der Waals surface area contributed by atoms with Crippen LogP contribution in [0.4, 0.5) is 5.13 Å². The number of nitrogens with zero attached hydrogens (tertiary/aromatic N) is 5. The van der Waals surface area contributed by atoms with E-state index in [0.717, 1.165) is 42.1 Å². The first-order valence-electron chi connectivity index (χ1n) is 8.32. The Morgan fingerprint density at radius 2 is 1.88 bits per heavy atom. The summed E-state index contributed by atoms with van der Waals surface area (Å²) in [7, 11) is 0. The Morgan fingerprint density at radius 3 is 2.60 bits per heavy atom. The summed E-state index contributed by atoms with van der Waals surface area (Å²) in [4.78, 5) is 16.3.